The van der Waals surface area contributed by atoms with E-state index in [1.165, 1.54) is 0 Å². The fraction of sp³-hybridized carbons (Fsp3) is 0.265. The van der Waals surface area contributed by atoms with Crippen molar-refractivity contribution in [3.8, 4) is 0 Å². The van der Waals surface area contributed by atoms with Crippen LogP contribution in [0.2, 0.25) is 0 Å². The molecule has 0 spiro atoms. The molecule has 1 aliphatic heterocycles. The molecule has 212 valence electrons. The van der Waals surface area contributed by atoms with Crippen LogP contribution >= 0.6 is 0 Å². The van der Waals surface area contributed by atoms with E-state index in [2.05, 4.69) is 5.32 Å². The van der Waals surface area contributed by atoms with E-state index >= 15 is 0 Å². The molecule has 41 heavy (non-hydrogen) atoms. The Bertz CT molecular complexity index is 1320. The van der Waals surface area contributed by atoms with Crippen molar-refractivity contribution in [3.63, 3.8) is 0 Å². The normalized spacial score (nSPS) is 22.1. The van der Waals surface area contributed by atoms with Crippen molar-refractivity contribution in [1.29, 1.82) is 0 Å². The maximum atomic E-state index is 12.9. The number of carbonyl (C=O) groups is 1. The molecule has 7 heteroatoms. The van der Waals surface area contributed by atoms with Gasteiger partial charge in [0.05, 0.1) is 25.9 Å². The number of anilines is 1. The second kappa shape index (κ2) is 14.6. The van der Waals surface area contributed by atoms with Crippen LogP contribution in [0.4, 0.5) is 10.5 Å². The number of carbonyl (C=O) groups excluding carboxylic acids is 1. The molecule has 5 rings (SSSR count). The quantitative estimate of drug-likeness (QED) is 0.222. The average Bonchev–Trinajstić information content (AvgIpc) is 3.01. The van der Waals surface area contributed by atoms with E-state index in [-0.39, 0.29) is 6.61 Å². The number of ether oxygens (including phenoxy) is 5. The van der Waals surface area contributed by atoms with Crippen LogP contribution in [-0.2, 0) is 43.5 Å². The van der Waals surface area contributed by atoms with Gasteiger partial charge in [0.2, 0.25) is 6.29 Å². The van der Waals surface area contributed by atoms with Gasteiger partial charge in [-0.1, -0.05) is 109 Å². The van der Waals surface area contributed by atoms with E-state index in [4.69, 9.17) is 23.7 Å². The third kappa shape index (κ3) is 8.25. The van der Waals surface area contributed by atoms with E-state index in [1.807, 2.05) is 116 Å². The first-order chi connectivity index (χ1) is 20.2. The molecular weight excluding hydrogens is 518 g/mol. The minimum Gasteiger partial charge on any atom is -0.416 e. The summed E-state index contributed by atoms with van der Waals surface area (Å²) in [6.45, 7) is 2.88. The summed E-state index contributed by atoms with van der Waals surface area (Å²) < 4.78 is 31.5. The van der Waals surface area contributed by atoms with Crippen molar-refractivity contribution in [1.82, 2.24) is 0 Å². The fourth-order valence-electron chi connectivity index (χ4n) is 4.74. The molecule has 0 unspecified atom stereocenters. The Hall–Kier alpha value is -4.01. The van der Waals surface area contributed by atoms with Crippen LogP contribution in [0.25, 0.3) is 0 Å². The summed E-state index contributed by atoms with van der Waals surface area (Å²) in [6.07, 6.45) is -3.98. The lowest BCUT2D eigenvalue weighted by molar-refractivity contribution is -0.305. The topological polar surface area (TPSA) is 75.3 Å². The maximum absolute atomic E-state index is 12.9. The zero-order chi connectivity index (χ0) is 28.3. The first-order valence-electron chi connectivity index (χ1n) is 13.8. The first-order valence-corrected chi connectivity index (χ1v) is 13.8. The molecule has 0 saturated carbocycles. The molecule has 4 aromatic rings. The highest BCUT2D eigenvalue weighted by Crippen LogP contribution is 2.31. The Morgan fingerprint density at radius 2 is 1.02 bits per heavy atom. The van der Waals surface area contributed by atoms with Crippen molar-refractivity contribution in [2.24, 2.45) is 0 Å². The SMILES string of the molecule is C[C@@H]1O[C@H](OC(=O)Nc2ccccc2)[C@@H](OCc2ccccc2)[C@H](OCc2ccccc2)[C@@H]1OCc1ccccc1. The van der Waals surface area contributed by atoms with Crippen molar-refractivity contribution in [2.45, 2.75) is 57.5 Å². The lowest BCUT2D eigenvalue weighted by Gasteiger charge is -2.44. The third-order valence-electron chi connectivity index (χ3n) is 6.83. The molecule has 1 amide bonds. The van der Waals surface area contributed by atoms with Crippen LogP contribution in [0.1, 0.15) is 23.6 Å². The number of rotatable bonds is 11. The molecule has 4 aromatic carbocycles. The fourth-order valence-corrected chi connectivity index (χ4v) is 4.74. The lowest BCUT2D eigenvalue weighted by atomic mass is 9.98. The predicted octanol–water partition coefficient (Wildman–Crippen LogP) is 6.74. The van der Waals surface area contributed by atoms with Gasteiger partial charge >= 0.3 is 6.09 Å². The minimum absolute atomic E-state index is 0.278. The average molecular weight is 554 g/mol. The summed E-state index contributed by atoms with van der Waals surface area (Å²) in [7, 11) is 0. The van der Waals surface area contributed by atoms with Gasteiger partial charge in [0.1, 0.15) is 18.3 Å². The van der Waals surface area contributed by atoms with Gasteiger partial charge in [0, 0.05) is 5.69 Å². The van der Waals surface area contributed by atoms with E-state index in [0.29, 0.717) is 18.9 Å². The monoisotopic (exact) mass is 553 g/mol. The molecule has 1 fully saturated rings. The summed E-state index contributed by atoms with van der Waals surface area (Å²) in [5.41, 5.74) is 3.63. The van der Waals surface area contributed by atoms with Crippen molar-refractivity contribution < 1.29 is 28.5 Å². The van der Waals surface area contributed by atoms with Crippen molar-refractivity contribution in [3.05, 3.63) is 138 Å². The number of benzene rings is 4. The van der Waals surface area contributed by atoms with Gasteiger partial charge in [0.25, 0.3) is 0 Å². The second-order valence-electron chi connectivity index (χ2n) is 9.89. The molecule has 0 aliphatic carbocycles. The standard InChI is InChI=1S/C34H35NO6/c1-25-30(37-22-26-14-6-2-7-15-26)31(38-23-27-16-8-3-9-17-27)32(39-24-28-18-10-4-11-19-28)33(40-25)41-34(36)35-29-20-12-5-13-21-29/h2-21,25,30-33H,22-24H2,1H3,(H,35,36)/t25-,30+,31+,32-,33+/m0/s1. The van der Waals surface area contributed by atoms with Crippen LogP contribution < -0.4 is 5.32 Å². The van der Waals surface area contributed by atoms with Crippen molar-refractivity contribution >= 4 is 11.8 Å². The smallest absolute Gasteiger partial charge is 0.414 e. The Morgan fingerprint density at radius 1 is 0.610 bits per heavy atom. The summed E-state index contributed by atoms with van der Waals surface area (Å²) >= 11 is 0. The van der Waals surface area contributed by atoms with E-state index < -0.39 is 36.8 Å². The molecule has 7 nitrogen and oxygen atoms in total. The molecule has 0 bridgehead atoms. The van der Waals surface area contributed by atoms with Crippen LogP contribution in [-0.4, -0.2) is 36.8 Å². The largest absolute Gasteiger partial charge is 0.416 e. The minimum atomic E-state index is -1.03. The Kier molecular flexibility index (Phi) is 10.1. The van der Waals surface area contributed by atoms with Crippen LogP contribution in [0.5, 0.6) is 0 Å². The summed E-state index contributed by atoms with van der Waals surface area (Å²) in [6, 6.07) is 38.8. The summed E-state index contributed by atoms with van der Waals surface area (Å²) in [5, 5.41) is 2.76. The number of hydrogen-bond acceptors (Lipinski definition) is 6. The van der Waals surface area contributed by atoms with E-state index in [0.717, 1.165) is 16.7 Å². The van der Waals surface area contributed by atoms with Crippen LogP contribution in [0, 0.1) is 0 Å². The van der Waals surface area contributed by atoms with Gasteiger partial charge in [0.15, 0.2) is 0 Å². The molecule has 1 N–H and O–H groups in total. The number of para-hydroxylation sites is 1. The second-order valence-corrected chi connectivity index (χ2v) is 9.89. The molecule has 1 heterocycles. The van der Waals surface area contributed by atoms with Crippen LogP contribution in [0.3, 0.4) is 0 Å². The number of hydrogen-bond donors (Lipinski definition) is 1. The van der Waals surface area contributed by atoms with Gasteiger partial charge in [-0.05, 0) is 35.7 Å². The van der Waals surface area contributed by atoms with E-state index in [9.17, 15) is 4.79 Å². The van der Waals surface area contributed by atoms with Gasteiger partial charge in [-0.25, -0.2) is 4.79 Å². The zero-order valence-electron chi connectivity index (χ0n) is 23.0. The van der Waals surface area contributed by atoms with E-state index in [1.54, 1.807) is 12.1 Å². The maximum Gasteiger partial charge on any atom is 0.414 e. The molecule has 0 radical (unpaired) electrons. The first kappa shape index (κ1) is 28.5. The third-order valence-corrected chi connectivity index (χ3v) is 6.83. The Morgan fingerprint density at radius 3 is 1.51 bits per heavy atom. The predicted molar refractivity (Wildman–Crippen MR) is 156 cm³/mol. The van der Waals surface area contributed by atoms with Gasteiger partial charge in [-0.3, -0.25) is 5.32 Å². The number of nitrogens with one attached hydrogen (secondary N) is 1. The van der Waals surface area contributed by atoms with Gasteiger partial charge in [-0.15, -0.1) is 0 Å². The summed E-state index contributed by atoms with van der Waals surface area (Å²) in [4.78, 5) is 12.9. The molecule has 0 aromatic heterocycles. The lowest BCUT2D eigenvalue weighted by Crippen LogP contribution is -2.60. The highest BCUT2D eigenvalue weighted by Gasteiger charge is 2.48. The van der Waals surface area contributed by atoms with Gasteiger partial charge in [-0.2, -0.15) is 0 Å². The molecule has 1 saturated heterocycles. The highest BCUT2D eigenvalue weighted by molar-refractivity contribution is 5.84. The number of amides is 1. The van der Waals surface area contributed by atoms with Crippen molar-refractivity contribution in [2.75, 3.05) is 5.32 Å². The Labute approximate surface area is 241 Å². The zero-order valence-corrected chi connectivity index (χ0v) is 23.0. The molecular formula is C34H35NO6. The molecule has 5 atom stereocenters. The molecule has 1 aliphatic rings. The Balaban J connectivity index is 1.39. The summed E-state index contributed by atoms with van der Waals surface area (Å²) in [5.74, 6) is 0. The van der Waals surface area contributed by atoms with Crippen LogP contribution in [0.15, 0.2) is 121 Å². The van der Waals surface area contributed by atoms with Gasteiger partial charge < -0.3 is 23.7 Å². The highest BCUT2D eigenvalue weighted by atomic mass is 16.7.